The van der Waals surface area contributed by atoms with Crippen LogP contribution in [-0.2, 0) is 0 Å². The maximum Gasteiger partial charge on any atom is 0.255 e. The van der Waals surface area contributed by atoms with Crippen LogP contribution in [0.4, 0.5) is 11.4 Å². The molecular formula is C14H13BrN2O. The molecule has 0 atom stereocenters. The average molecular weight is 305 g/mol. The first kappa shape index (κ1) is 12.6. The number of rotatable bonds is 2. The molecule has 2 rings (SSSR count). The zero-order valence-electron chi connectivity index (χ0n) is 9.91. The van der Waals surface area contributed by atoms with Crippen LogP contribution in [0.5, 0.6) is 0 Å². The molecule has 0 bridgehead atoms. The van der Waals surface area contributed by atoms with Crippen molar-refractivity contribution < 1.29 is 4.79 Å². The molecule has 18 heavy (non-hydrogen) atoms. The van der Waals surface area contributed by atoms with Gasteiger partial charge in [-0.2, -0.15) is 0 Å². The van der Waals surface area contributed by atoms with E-state index in [0.717, 1.165) is 10.0 Å². The van der Waals surface area contributed by atoms with E-state index in [1.807, 2.05) is 25.1 Å². The lowest BCUT2D eigenvalue weighted by molar-refractivity contribution is 0.102. The SMILES string of the molecule is Cc1ccc(C(=O)Nc2ccc(Br)cc2N)cc1. The molecule has 0 aliphatic heterocycles. The third-order valence-electron chi connectivity index (χ3n) is 2.58. The number of carbonyl (C=O) groups excluding carboxylic acids is 1. The van der Waals surface area contributed by atoms with Gasteiger partial charge in [-0.25, -0.2) is 0 Å². The van der Waals surface area contributed by atoms with Crippen LogP contribution in [0.2, 0.25) is 0 Å². The molecule has 0 unspecified atom stereocenters. The highest BCUT2D eigenvalue weighted by Crippen LogP contribution is 2.23. The van der Waals surface area contributed by atoms with Gasteiger partial charge in [0.25, 0.3) is 5.91 Å². The molecule has 0 aliphatic carbocycles. The van der Waals surface area contributed by atoms with Gasteiger partial charge in [0.15, 0.2) is 0 Å². The summed E-state index contributed by atoms with van der Waals surface area (Å²) in [7, 11) is 0. The van der Waals surface area contributed by atoms with Crippen LogP contribution in [0, 0.1) is 6.92 Å². The van der Waals surface area contributed by atoms with Crippen molar-refractivity contribution in [3.05, 3.63) is 58.1 Å². The second-order valence-electron chi connectivity index (χ2n) is 4.05. The number of hydrogen-bond acceptors (Lipinski definition) is 2. The highest BCUT2D eigenvalue weighted by molar-refractivity contribution is 9.10. The van der Waals surface area contributed by atoms with Gasteiger partial charge in [0.1, 0.15) is 0 Å². The number of hydrogen-bond donors (Lipinski definition) is 2. The van der Waals surface area contributed by atoms with Gasteiger partial charge in [0.05, 0.1) is 11.4 Å². The first-order valence-corrected chi connectivity index (χ1v) is 6.28. The molecule has 0 aromatic heterocycles. The molecule has 0 aliphatic rings. The van der Waals surface area contributed by atoms with Gasteiger partial charge in [-0.3, -0.25) is 4.79 Å². The molecule has 1 amide bonds. The lowest BCUT2D eigenvalue weighted by Crippen LogP contribution is -2.13. The molecule has 4 heteroatoms. The molecule has 2 aromatic rings. The van der Waals surface area contributed by atoms with E-state index in [4.69, 9.17) is 5.73 Å². The van der Waals surface area contributed by atoms with Crippen LogP contribution >= 0.6 is 15.9 Å². The van der Waals surface area contributed by atoms with Crippen LogP contribution < -0.4 is 11.1 Å². The smallest absolute Gasteiger partial charge is 0.255 e. The zero-order valence-corrected chi connectivity index (χ0v) is 11.5. The van der Waals surface area contributed by atoms with Gasteiger partial charge in [0.2, 0.25) is 0 Å². The average Bonchev–Trinajstić information content (AvgIpc) is 2.33. The molecule has 0 radical (unpaired) electrons. The van der Waals surface area contributed by atoms with E-state index in [9.17, 15) is 4.79 Å². The molecule has 0 saturated heterocycles. The van der Waals surface area contributed by atoms with Crippen molar-refractivity contribution in [2.75, 3.05) is 11.1 Å². The van der Waals surface area contributed by atoms with Gasteiger partial charge >= 0.3 is 0 Å². The first-order valence-electron chi connectivity index (χ1n) is 5.49. The fraction of sp³-hybridized carbons (Fsp3) is 0.0714. The van der Waals surface area contributed by atoms with E-state index < -0.39 is 0 Å². The Morgan fingerprint density at radius 3 is 2.44 bits per heavy atom. The summed E-state index contributed by atoms with van der Waals surface area (Å²) in [5, 5.41) is 2.79. The van der Waals surface area contributed by atoms with Crippen molar-refractivity contribution in [2.45, 2.75) is 6.92 Å². The maximum absolute atomic E-state index is 12.0. The number of nitrogens with one attached hydrogen (secondary N) is 1. The van der Waals surface area contributed by atoms with E-state index in [-0.39, 0.29) is 5.91 Å². The summed E-state index contributed by atoms with van der Waals surface area (Å²) >= 11 is 3.32. The minimum Gasteiger partial charge on any atom is -0.397 e. The molecule has 0 saturated carbocycles. The summed E-state index contributed by atoms with van der Waals surface area (Å²) in [6.07, 6.45) is 0. The minimum atomic E-state index is -0.163. The van der Waals surface area contributed by atoms with Crippen LogP contribution in [0.3, 0.4) is 0 Å². The number of nitrogen functional groups attached to an aromatic ring is 1. The molecule has 0 heterocycles. The van der Waals surface area contributed by atoms with E-state index in [0.29, 0.717) is 16.9 Å². The first-order chi connectivity index (χ1) is 8.56. The van der Waals surface area contributed by atoms with Crippen molar-refractivity contribution in [1.29, 1.82) is 0 Å². The Labute approximate surface area is 114 Å². The molecular weight excluding hydrogens is 292 g/mol. The summed E-state index contributed by atoms with van der Waals surface area (Å²) in [5.74, 6) is -0.163. The van der Waals surface area contributed by atoms with Crippen molar-refractivity contribution in [3.63, 3.8) is 0 Å². The minimum absolute atomic E-state index is 0.163. The Bertz CT molecular complexity index is 579. The predicted octanol–water partition coefficient (Wildman–Crippen LogP) is 3.59. The van der Waals surface area contributed by atoms with Crippen molar-refractivity contribution >= 4 is 33.2 Å². The summed E-state index contributed by atoms with van der Waals surface area (Å²) in [5.41, 5.74) is 8.71. The van der Waals surface area contributed by atoms with Gasteiger partial charge in [-0.1, -0.05) is 33.6 Å². The van der Waals surface area contributed by atoms with Gasteiger partial charge in [-0.15, -0.1) is 0 Å². The summed E-state index contributed by atoms with van der Waals surface area (Å²) in [6.45, 7) is 1.98. The fourth-order valence-electron chi connectivity index (χ4n) is 1.55. The van der Waals surface area contributed by atoms with Crippen molar-refractivity contribution in [3.8, 4) is 0 Å². The fourth-order valence-corrected chi connectivity index (χ4v) is 1.93. The Balaban J connectivity index is 2.18. The number of benzene rings is 2. The van der Waals surface area contributed by atoms with E-state index in [1.54, 1.807) is 24.3 Å². The number of aryl methyl sites for hydroxylation is 1. The topological polar surface area (TPSA) is 55.1 Å². The Hall–Kier alpha value is -1.81. The molecule has 0 fully saturated rings. The second kappa shape index (κ2) is 5.23. The van der Waals surface area contributed by atoms with Gasteiger partial charge in [-0.05, 0) is 37.3 Å². The summed E-state index contributed by atoms with van der Waals surface area (Å²) < 4.78 is 0.883. The number of nitrogens with two attached hydrogens (primary N) is 1. The van der Waals surface area contributed by atoms with E-state index >= 15 is 0 Å². The number of carbonyl (C=O) groups is 1. The monoisotopic (exact) mass is 304 g/mol. The highest BCUT2D eigenvalue weighted by atomic mass is 79.9. The quantitative estimate of drug-likeness (QED) is 0.833. The van der Waals surface area contributed by atoms with Crippen molar-refractivity contribution in [2.24, 2.45) is 0 Å². The molecule has 3 nitrogen and oxygen atoms in total. The van der Waals surface area contributed by atoms with Crippen LogP contribution in [0.1, 0.15) is 15.9 Å². The van der Waals surface area contributed by atoms with Gasteiger partial charge < -0.3 is 11.1 Å². The highest BCUT2D eigenvalue weighted by Gasteiger charge is 2.07. The Morgan fingerprint density at radius 1 is 1.17 bits per heavy atom. The summed E-state index contributed by atoms with van der Waals surface area (Å²) in [6, 6.07) is 12.7. The summed E-state index contributed by atoms with van der Waals surface area (Å²) in [4.78, 5) is 12.0. The maximum atomic E-state index is 12.0. The normalized spacial score (nSPS) is 10.1. The molecule has 0 spiro atoms. The van der Waals surface area contributed by atoms with Crippen LogP contribution in [-0.4, -0.2) is 5.91 Å². The van der Waals surface area contributed by atoms with Gasteiger partial charge in [0, 0.05) is 10.0 Å². The molecule has 2 aromatic carbocycles. The van der Waals surface area contributed by atoms with E-state index in [2.05, 4.69) is 21.2 Å². The number of amides is 1. The predicted molar refractivity (Wildman–Crippen MR) is 77.7 cm³/mol. The third kappa shape index (κ3) is 2.90. The zero-order chi connectivity index (χ0) is 13.1. The lowest BCUT2D eigenvalue weighted by atomic mass is 10.1. The second-order valence-corrected chi connectivity index (χ2v) is 4.97. The number of anilines is 2. The molecule has 92 valence electrons. The number of halogens is 1. The standard InChI is InChI=1S/C14H13BrN2O/c1-9-2-4-10(5-3-9)14(18)17-13-7-6-11(15)8-12(13)16/h2-8H,16H2,1H3,(H,17,18). The van der Waals surface area contributed by atoms with Crippen LogP contribution in [0.25, 0.3) is 0 Å². The van der Waals surface area contributed by atoms with Crippen LogP contribution in [0.15, 0.2) is 46.9 Å². The third-order valence-corrected chi connectivity index (χ3v) is 3.07. The van der Waals surface area contributed by atoms with E-state index in [1.165, 1.54) is 0 Å². The Morgan fingerprint density at radius 2 is 1.83 bits per heavy atom. The van der Waals surface area contributed by atoms with Crippen molar-refractivity contribution in [1.82, 2.24) is 0 Å². The molecule has 3 N–H and O–H groups in total. The Kier molecular flexibility index (Phi) is 3.67. The lowest BCUT2D eigenvalue weighted by Gasteiger charge is -2.08. The largest absolute Gasteiger partial charge is 0.397 e.